The Balaban J connectivity index is 1.60. The first-order valence-corrected chi connectivity index (χ1v) is 10.8. The van der Waals surface area contributed by atoms with E-state index >= 15 is 0 Å². The first-order valence-electron chi connectivity index (χ1n) is 9.40. The van der Waals surface area contributed by atoms with E-state index < -0.39 is 16.0 Å². The molecular weight excluding hydrogens is 390 g/mol. The highest BCUT2D eigenvalue weighted by molar-refractivity contribution is 7.90. The van der Waals surface area contributed by atoms with Gasteiger partial charge in [0.2, 0.25) is 0 Å². The summed E-state index contributed by atoms with van der Waals surface area (Å²) in [5.41, 5.74) is 1.71. The Labute approximate surface area is 169 Å². The summed E-state index contributed by atoms with van der Waals surface area (Å²) in [6.45, 7) is 0.636. The largest absolute Gasteiger partial charge is 0.457 e. The van der Waals surface area contributed by atoms with Gasteiger partial charge in [-0.15, -0.1) is 4.40 Å². The molecule has 2 aliphatic rings. The maximum atomic E-state index is 12.7. The van der Waals surface area contributed by atoms with Crippen molar-refractivity contribution in [3.05, 3.63) is 59.2 Å². The quantitative estimate of drug-likeness (QED) is 0.721. The van der Waals surface area contributed by atoms with Crippen molar-refractivity contribution in [2.75, 3.05) is 11.4 Å². The lowest BCUT2D eigenvalue weighted by atomic mass is 10.1. The number of carbonyl (C=O) groups excluding carboxylic acids is 1. The number of rotatable bonds is 3. The van der Waals surface area contributed by atoms with Crippen molar-refractivity contribution < 1.29 is 17.9 Å². The third-order valence-corrected chi connectivity index (χ3v) is 6.41. The highest BCUT2D eigenvalue weighted by atomic mass is 32.2. The maximum Gasteiger partial charge on any atom is 0.338 e. The molecule has 2 heterocycles. The number of anilines is 1. The summed E-state index contributed by atoms with van der Waals surface area (Å²) in [5.74, 6) is -0.0835. The molecule has 2 aliphatic heterocycles. The monoisotopic (exact) mass is 409 g/mol. The van der Waals surface area contributed by atoms with Gasteiger partial charge in [0, 0.05) is 18.5 Å². The van der Waals surface area contributed by atoms with Crippen molar-refractivity contribution >= 4 is 27.5 Å². The van der Waals surface area contributed by atoms with Crippen molar-refractivity contribution in [3.8, 4) is 6.07 Å². The van der Waals surface area contributed by atoms with Gasteiger partial charge in [-0.2, -0.15) is 13.7 Å². The number of nitriles is 1. The van der Waals surface area contributed by atoms with E-state index in [1.165, 1.54) is 6.07 Å². The minimum atomic E-state index is -3.87. The first-order chi connectivity index (χ1) is 14.0. The molecule has 2 aromatic carbocycles. The van der Waals surface area contributed by atoms with Crippen molar-refractivity contribution in [1.82, 2.24) is 0 Å². The number of sulfonamides is 1. The molecule has 1 fully saturated rings. The van der Waals surface area contributed by atoms with Crippen molar-refractivity contribution in [3.63, 3.8) is 0 Å². The second-order valence-corrected chi connectivity index (χ2v) is 8.54. The maximum absolute atomic E-state index is 12.7. The van der Waals surface area contributed by atoms with Crippen LogP contribution in [0.15, 0.2) is 51.8 Å². The highest BCUT2D eigenvalue weighted by Crippen LogP contribution is 2.35. The Hall–Kier alpha value is -3.18. The number of nitrogens with zero attached hydrogens (tertiary/aromatic N) is 3. The zero-order valence-electron chi connectivity index (χ0n) is 15.7. The molecular formula is C21H19N3O4S. The van der Waals surface area contributed by atoms with Gasteiger partial charge in [0.25, 0.3) is 10.0 Å². The van der Waals surface area contributed by atoms with Crippen LogP contribution in [0.3, 0.4) is 0 Å². The van der Waals surface area contributed by atoms with E-state index in [9.17, 15) is 13.2 Å². The summed E-state index contributed by atoms with van der Waals surface area (Å²) in [7, 11) is -3.87. The van der Waals surface area contributed by atoms with Crippen LogP contribution in [0.2, 0.25) is 0 Å². The number of ether oxygens (including phenoxy) is 1. The first kappa shape index (κ1) is 19.2. The second-order valence-electron chi connectivity index (χ2n) is 6.97. The van der Waals surface area contributed by atoms with Crippen LogP contribution in [0.1, 0.15) is 47.2 Å². The fraction of sp³-hybridized carbons (Fsp3) is 0.286. The number of amidine groups is 1. The zero-order chi connectivity index (χ0) is 20.4. The summed E-state index contributed by atoms with van der Waals surface area (Å²) in [4.78, 5) is 14.5. The molecule has 0 unspecified atom stereocenters. The molecule has 4 rings (SSSR count). The number of carbonyl (C=O) groups is 1. The summed E-state index contributed by atoms with van der Waals surface area (Å²) in [6, 6.07) is 13.4. The van der Waals surface area contributed by atoms with Crippen LogP contribution in [0, 0.1) is 11.3 Å². The molecule has 0 spiro atoms. The SMILES string of the molecule is N#Cc1ccccc1COC(=O)c1ccc2c(c1)S(=O)(=O)N=C1CCCCCN12. The lowest BCUT2D eigenvalue weighted by Crippen LogP contribution is -2.35. The Morgan fingerprint density at radius 1 is 1.17 bits per heavy atom. The molecule has 8 heteroatoms. The van der Waals surface area contributed by atoms with E-state index in [2.05, 4.69) is 10.5 Å². The molecule has 0 atom stereocenters. The summed E-state index contributed by atoms with van der Waals surface area (Å²) >= 11 is 0. The normalized spacial score (nSPS) is 17.2. The summed E-state index contributed by atoms with van der Waals surface area (Å²) in [6.07, 6.45) is 3.52. The van der Waals surface area contributed by atoms with E-state index in [0.717, 1.165) is 19.3 Å². The van der Waals surface area contributed by atoms with E-state index in [-0.39, 0.29) is 17.1 Å². The van der Waals surface area contributed by atoms with Crippen LogP contribution < -0.4 is 4.90 Å². The molecule has 0 N–H and O–H groups in total. The van der Waals surface area contributed by atoms with Gasteiger partial charge >= 0.3 is 5.97 Å². The average Bonchev–Trinajstić information content (AvgIpc) is 2.96. The third-order valence-electron chi connectivity index (χ3n) is 5.08. The molecule has 0 bridgehead atoms. The van der Waals surface area contributed by atoms with Gasteiger partial charge in [0.05, 0.1) is 22.9 Å². The molecule has 0 aliphatic carbocycles. The summed E-state index contributed by atoms with van der Waals surface area (Å²) in [5, 5.41) is 9.13. The Kier molecular flexibility index (Phi) is 5.07. The van der Waals surface area contributed by atoms with Gasteiger partial charge in [-0.05, 0) is 37.1 Å². The minimum absolute atomic E-state index is 0.0232. The van der Waals surface area contributed by atoms with Crippen LogP contribution in [-0.2, 0) is 21.4 Å². The number of hydrogen-bond acceptors (Lipinski definition) is 6. The van der Waals surface area contributed by atoms with Gasteiger partial charge in [-0.25, -0.2) is 4.79 Å². The van der Waals surface area contributed by atoms with Gasteiger partial charge in [0.15, 0.2) is 0 Å². The molecule has 29 heavy (non-hydrogen) atoms. The van der Waals surface area contributed by atoms with Crippen LogP contribution >= 0.6 is 0 Å². The predicted octanol–water partition coefficient (Wildman–Crippen LogP) is 3.40. The fourth-order valence-corrected chi connectivity index (χ4v) is 4.87. The van der Waals surface area contributed by atoms with Gasteiger partial charge in [-0.3, -0.25) is 0 Å². The topological polar surface area (TPSA) is 99.8 Å². The van der Waals surface area contributed by atoms with Crippen molar-refractivity contribution in [1.29, 1.82) is 5.26 Å². The van der Waals surface area contributed by atoms with E-state index in [1.807, 2.05) is 4.90 Å². The Morgan fingerprint density at radius 2 is 2.00 bits per heavy atom. The zero-order valence-corrected chi connectivity index (χ0v) is 16.5. The molecule has 2 aromatic rings. The lowest BCUT2D eigenvalue weighted by molar-refractivity contribution is 0.0472. The molecule has 148 valence electrons. The molecule has 7 nitrogen and oxygen atoms in total. The van der Waals surface area contributed by atoms with Crippen molar-refractivity contribution in [2.45, 2.75) is 37.2 Å². The van der Waals surface area contributed by atoms with Crippen LogP contribution in [0.4, 0.5) is 5.69 Å². The smallest absolute Gasteiger partial charge is 0.338 e. The standard InChI is InChI=1S/C21H19N3O4S/c22-13-16-6-3-4-7-17(16)14-28-21(25)15-9-10-18-19(12-15)29(26,27)23-20-8-2-1-5-11-24(18)20/h3-4,6-7,9-10,12H,1-2,5,8,11,14H2. The molecule has 0 aromatic heterocycles. The summed E-state index contributed by atoms with van der Waals surface area (Å²) < 4.78 is 34.6. The highest BCUT2D eigenvalue weighted by Gasteiger charge is 2.32. The second kappa shape index (κ2) is 7.68. The van der Waals surface area contributed by atoms with Crippen molar-refractivity contribution in [2.24, 2.45) is 4.40 Å². The van der Waals surface area contributed by atoms with Crippen LogP contribution in [-0.4, -0.2) is 26.8 Å². The number of fused-ring (bicyclic) bond motifs is 3. The Morgan fingerprint density at radius 3 is 2.83 bits per heavy atom. The van der Waals surface area contributed by atoms with Crippen LogP contribution in [0.5, 0.6) is 0 Å². The molecule has 0 radical (unpaired) electrons. The fourth-order valence-electron chi connectivity index (χ4n) is 3.59. The third kappa shape index (κ3) is 3.74. The lowest BCUT2D eigenvalue weighted by Gasteiger charge is -2.29. The minimum Gasteiger partial charge on any atom is -0.457 e. The van der Waals surface area contributed by atoms with Gasteiger partial charge in [0.1, 0.15) is 17.3 Å². The molecule has 0 saturated carbocycles. The van der Waals surface area contributed by atoms with E-state index in [4.69, 9.17) is 10.00 Å². The van der Waals surface area contributed by atoms with Crippen LogP contribution in [0.25, 0.3) is 0 Å². The number of benzene rings is 2. The van der Waals surface area contributed by atoms with E-state index in [0.29, 0.717) is 35.6 Å². The Bertz CT molecular complexity index is 1150. The number of hydrogen-bond donors (Lipinski definition) is 0. The van der Waals surface area contributed by atoms with E-state index in [1.54, 1.807) is 36.4 Å². The number of esters is 1. The molecule has 0 amide bonds. The average molecular weight is 409 g/mol. The predicted molar refractivity (Wildman–Crippen MR) is 107 cm³/mol. The molecule has 1 saturated heterocycles. The van der Waals surface area contributed by atoms with Gasteiger partial charge in [-0.1, -0.05) is 24.6 Å². The van der Waals surface area contributed by atoms with Gasteiger partial charge < -0.3 is 9.64 Å².